The van der Waals surface area contributed by atoms with Crippen LogP contribution < -0.4 is 5.32 Å². The molecule has 0 aromatic rings. The van der Waals surface area contributed by atoms with Crippen LogP contribution in [-0.4, -0.2) is 64.7 Å². The predicted octanol–water partition coefficient (Wildman–Crippen LogP) is 4.56. The van der Waals surface area contributed by atoms with E-state index in [9.17, 15) is 25.2 Å². The number of hydrogen-bond donors (Lipinski definition) is 5. The van der Waals surface area contributed by atoms with Crippen LogP contribution in [0.1, 0.15) is 79.1 Å². The molecule has 0 heterocycles. The molecule has 0 aromatic carbocycles. The summed E-state index contributed by atoms with van der Waals surface area (Å²) < 4.78 is 0. The zero-order valence-electron chi connectivity index (χ0n) is 24.0. The third kappa shape index (κ3) is 7.42. The molecule has 2 fully saturated rings. The van der Waals surface area contributed by atoms with Gasteiger partial charge >= 0.3 is 0 Å². The van der Waals surface area contributed by atoms with Gasteiger partial charge in [-0.1, -0.05) is 54.5 Å². The summed E-state index contributed by atoms with van der Waals surface area (Å²) >= 11 is 0. The van der Waals surface area contributed by atoms with Gasteiger partial charge in [0.05, 0.1) is 18.3 Å². The van der Waals surface area contributed by atoms with Crippen LogP contribution in [0.2, 0.25) is 0 Å². The summed E-state index contributed by atoms with van der Waals surface area (Å²) in [5.41, 5.74) is 2.71. The van der Waals surface area contributed by atoms with Crippen LogP contribution >= 0.6 is 0 Å². The van der Waals surface area contributed by atoms with E-state index in [1.54, 1.807) is 13.8 Å². The fourth-order valence-electron chi connectivity index (χ4n) is 6.74. The van der Waals surface area contributed by atoms with Crippen LogP contribution in [-0.2, 0) is 4.79 Å². The summed E-state index contributed by atoms with van der Waals surface area (Å²) in [5, 5.41) is 46.7. The van der Waals surface area contributed by atoms with Gasteiger partial charge in [-0.3, -0.25) is 4.79 Å². The summed E-state index contributed by atoms with van der Waals surface area (Å²) in [5.74, 6) is -0.503. The molecule has 5 N–H and O–H groups in total. The predicted molar refractivity (Wildman–Crippen MR) is 155 cm³/mol. The van der Waals surface area contributed by atoms with Gasteiger partial charge in [-0.15, -0.1) is 0 Å². The third-order valence-electron chi connectivity index (χ3n) is 8.95. The first-order valence-corrected chi connectivity index (χ1v) is 14.3. The number of carbonyl (C=O) groups is 1. The summed E-state index contributed by atoms with van der Waals surface area (Å²) in [7, 11) is 0. The highest BCUT2D eigenvalue weighted by molar-refractivity contribution is 5.74. The maximum atomic E-state index is 11.8. The Morgan fingerprint density at radius 2 is 1.97 bits per heavy atom. The van der Waals surface area contributed by atoms with Crippen molar-refractivity contribution in [2.24, 2.45) is 17.3 Å². The van der Waals surface area contributed by atoms with Gasteiger partial charge in [-0.05, 0) is 95.7 Å². The third-order valence-corrected chi connectivity index (χ3v) is 8.95. The van der Waals surface area contributed by atoms with E-state index in [1.165, 1.54) is 5.57 Å². The molecule has 38 heavy (non-hydrogen) atoms. The standard InChI is InChI=1S/C32H51NO5/c1-6-33-20-24(3)12-7-10-23(2)11-8-13-26(22-36)28-16-18-32(30(28)37)29(14-9-19-34)27(25(4)21-35)15-17-31(32,5)38/h8,11-13,21,28-30,33-34,36-38H,2,6-7,9-10,14-20,22H2,1,3-5H3/b11-8+,24-12+,26-13-,27-25-/t28-,29-,30+,31+,32+/m0/s1. The molecule has 6 nitrogen and oxygen atoms in total. The Morgan fingerprint density at radius 3 is 2.61 bits per heavy atom. The number of nitrogens with one attached hydrogen (secondary N) is 1. The monoisotopic (exact) mass is 529 g/mol. The smallest absolute Gasteiger partial charge is 0.145 e. The van der Waals surface area contributed by atoms with E-state index in [0.29, 0.717) is 44.1 Å². The van der Waals surface area contributed by atoms with E-state index < -0.39 is 17.1 Å². The van der Waals surface area contributed by atoms with Crippen molar-refractivity contribution in [3.63, 3.8) is 0 Å². The highest BCUT2D eigenvalue weighted by Gasteiger charge is 2.63. The number of hydrogen-bond acceptors (Lipinski definition) is 6. The summed E-state index contributed by atoms with van der Waals surface area (Å²) in [4.78, 5) is 11.7. The normalized spacial score (nSPS) is 31.8. The zero-order valence-corrected chi connectivity index (χ0v) is 24.0. The minimum atomic E-state index is -1.13. The van der Waals surface area contributed by atoms with Crippen molar-refractivity contribution < 1.29 is 25.2 Å². The second-order valence-electron chi connectivity index (χ2n) is 11.4. The number of aldehydes is 1. The number of rotatable bonds is 14. The van der Waals surface area contributed by atoms with Gasteiger partial charge in [0, 0.05) is 24.5 Å². The molecule has 2 rings (SSSR count). The average molecular weight is 530 g/mol. The Bertz CT molecular complexity index is 928. The second kappa shape index (κ2) is 15.1. The minimum absolute atomic E-state index is 0.0170. The van der Waals surface area contributed by atoms with Gasteiger partial charge in [0.2, 0.25) is 0 Å². The van der Waals surface area contributed by atoms with Crippen molar-refractivity contribution in [2.75, 3.05) is 26.3 Å². The van der Waals surface area contributed by atoms with Crippen LogP contribution in [0.15, 0.2) is 58.7 Å². The van der Waals surface area contributed by atoms with Gasteiger partial charge in [0.25, 0.3) is 0 Å². The summed E-state index contributed by atoms with van der Waals surface area (Å²) in [6.07, 6.45) is 13.1. The molecule has 2 aliphatic rings. The van der Waals surface area contributed by atoms with Crippen molar-refractivity contribution in [1.29, 1.82) is 0 Å². The lowest BCUT2D eigenvalue weighted by molar-refractivity contribution is -0.167. The molecule has 0 saturated heterocycles. The number of carbonyl (C=O) groups excluding carboxylic acids is 1. The molecule has 0 bridgehead atoms. The summed E-state index contributed by atoms with van der Waals surface area (Å²) in [6, 6.07) is 0. The Kier molecular flexibility index (Phi) is 12.9. The Hall–Kier alpha value is -1.83. The minimum Gasteiger partial charge on any atom is -0.396 e. The number of aliphatic hydroxyl groups excluding tert-OH is 3. The van der Waals surface area contributed by atoms with E-state index in [0.717, 1.165) is 48.9 Å². The fraction of sp³-hybridized carbons (Fsp3) is 0.656. The molecular formula is C32H51NO5. The summed E-state index contributed by atoms with van der Waals surface area (Å²) in [6.45, 7) is 13.6. The van der Waals surface area contributed by atoms with Crippen molar-refractivity contribution in [2.45, 2.75) is 90.8 Å². The largest absolute Gasteiger partial charge is 0.396 e. The van der Waals surface area contributed by atoms with E-state index in [-0.39, 0.29) is 25.0 Å². The molecule has 0 aromatic heterocycles. The number of likely N-dealkylation sites (N-methyl/N-ethyl adjacent to an activating group) is 1. The van der Waals surface area contributed by atoms with E-state index in [1.807, 2.05) is 18.2 Å². The first kappa shape index (κ1) is 32.4. The Balaban J connectivity index is 2.24. The lowest BCUT2D eigenvalue weighted by atomic mass is 9.52. The van der Waals surface area contributed by atoms with Crippen molar-refractivity contribution >= 4 is 6.29 Å². The first-order chi connectivity index (χ1) is 18.1. The van der Waals surface area contributed by atoms with E-state index in [4.69, 9.17) is 0 Å². The fourth-order valence-corrected chi connectivity index (χ4v) is 6.74. The number of allylic oxidation sites excluding steroid dienone is 7. The molecule has 0 aliphatic heterocycles. The quantitative estimate of drug-likeness (QED) is 0.0977. The van der Waals surface area contributed by atoms with Gasteiger partial charge in [-0.2, -0.15) is 0 Å². The van der Waals surface area contributed by atoms with Crippen LogP contribution in [0.5, 0.6) is 0 Å². The van der Waals surface area contributed by atoms with Gasteiger partial charge < -0.3 is 25.7 Å². The molecule has 2 saturated carbocycles. The lowest BCUT2D eigenvalue weighted by Gasteiger charge is -2.55. The second-order valence-corrected chi connectivity index (χ2v) is 11.4. The lowest BCUT2D eigenvalue weighted by Crippen LogP contribution is -2.59. The molecule has 214 valence electrons. The van der Waals surface area contributed by atoms with Crippen LogP contribution in [0.4, 0.5) is 0 Å². The van der Waals surface area contributed by atoms with Crippen LogP contribution in [0.3, 0.4) is 0 Å². The maximum absolute atomic E-state index is 11.8. The molecule has 0 unspecified atom stereocenters. The van der Waals surface area contributed by atoms with E-state index >= 15 is 0 Å². The van der Waals surface area contributed by atoms with Crippen molar-refractivity contribution in [3.8, 4) is 0 Å². The van der Waals surface area contributed by atoms with Gasteiger partial charge in [0.15, 0.2) is 0 Å². The van der Waals surface area contributed by atoms with Crippen molar-refractivity contribution in [1.82, 2.24) is 5.32 Å². The van der Waals surface area contributed by atoms with E-state index in [2.05, 4.69) is 31.8 Å². The van der Waals surface area contributed by atoms with Crippen LogP contribution in [0.25, 0.3) is 0 Å². The maximum Gasteiger partial charge on any atom is 0.145 e. The Morgan fingerprint density at radius 1 is 1.24 bits per heavy atom. The highest BCUT2D eigenvalue weighted by atomic mass is 16.3. The first-order valence-electron chi connectivity index (χ1n) is 14.3. The SMILES string of the molecule is C=C(/C=C/C=C(/CO)[C@@H]1CC[C@]2([C@@H]1O)[C@@H](CCCO)/C(=C(/C)C=O)CC[C@@]2(C)O)CC/C=C(\C)CNCC. The highest BCUT2D eigenvalue weighted by Crippen LogP contribution is 2.62. The van der Waals surface area contributed by atoms with Gasteiger partial charge in [-0.25, -0.2) is 0 Å². The molecule has 0 amide bonds. The zero-order chi connectivity index (χ0) is 28.3. The van der Waals surface area contributed by atoms with Gasteiger partial charge in [0.1, 0.15) is 6.29 Å². The molecule has 5 atom stereocenters. The molecule has 1 spiro atoms. The molecular weight excluding hydrogens is 478 g/mol. The Labute approximate surface area is 229 Å². The van der Waals surface area contributed by atoms with Crippen LogP contribution in [0, 0.1) is 17.3 Å². The number of aliphatic hydroxyl groups is 4. The topological polar surface area (TPSA) is 110 Å². The average Bonchev–Trinajstić information content (AvgIpc) is 3.23. The molecule has 6 heteroatoms. The molecule has 0 radical (unpaired) electrons. The molecule has 2 aliphatic carbocycles. The van der Waals surface area contributed by atoms with Crippen molar-refractivity contribution in [3.05, 3.63) is 58.7 Å².